The van der Waals surface area contributed by atoms with E-state index in [1.807, 2.05) is 6.92 Å². The number of esters is 1. The van der Waals surface area contributed by atoms with Gasteiger partial charge in [-0.15, -0.1) is 0 Å². The minimum atomic E-state index is -0.925. The highest BCUT2D eigenvalue weighted by Crippen LogP contribution is 2.17. The molecule has 0 saturated heterocycles. The van der Waals surface area contributed by atoms with Crippen LogP contribution in [0.2, 0.25) is 0 Å². The Morgan fingerprint density at radius 2 is 1.73 bits per heavy atom. The summed E-state index contributed by atoms with van der Waals surface area (Å²) in [5, 5.41) is 11.8. The monoisotopic (exact) mass is 454 g/mol. The number of guanidine groups is 1. The van der Waals surface area contributed by atoms with E-state index >= 15 is 0 Å². The quantitative estimate of drug-likeness (QED) is 0.166. The van der Waals surface area contributed by atoms with Crippen LogP contribution in [0.4, 0.5) is 5.69 Å². The second-order valence-corrected chi connectivity index (χ2v) is 7.62. The number of nitrogens with one attached hydrogen (secondary N) is 1. The van der Waals surface area contributed by atoms with E-state index in [-0.39, 0.29) is 30.8 Å². The van der Waals surface area contributed by atoms with Crippen molar-refractivity contribution in [3.05, 3.63) is 59.7 Å². The second-order valence-electron chi connectivity index (χ2n) is 7.62. The SMILES string of the molecule is CCCC[C@@H](CC(=O)O)NC(=O)CCc1ccc(OC(=O)c2ccc(N=C(N)N)cc2)cc1. The number of aliphatic imine (C=N–C) groups is 1. The van der Waals surface area contributed by atoms with Gasteiger partial charge in [0.05, 0.1) is 17.7 Å². The number of carbonyl (C=O) groups excluding carboxylic acids is 2. The molecule has 0 aliphatic rings. The molecule has 0 radical (unpaired) electrons. The van der Waals surface area contributed by atoms with Crippen LogP contribution in [0.1, 0.15) is 54.9 Å². The number of ether oxygens (including phenoxy) is 1. The van der Waals surface area contributed by atoms with Crippen molar-refractivity contribution >= 4 is 29.5 Å². The summed E-state index contributed by atoms with van der Waals surface area (Å²) in [6, 6.07) is 12.9. The van der Waals surface area contributed by atoms with Gasteiger partial charge in [-0.25, -0.2) is 9.79 Å². The minimum Gasteiger partial charge on any atom is -0.481 e. The van der Waals surface area contributed by atoms with Crippen LogP contribution in [0.3, 0.4) is 0 Å². The molecule has 2 rings (SSSR count). The number of nitrogens with zero attached hydrogens (tertiary/aromatic N) is 1. The van der Waals surface area contributed by atoms with E-state index in [1.54, 1.807) is 48.5 Å². The van der Waals surface area contributed by atoms with Crippen molar-refractivity contribution in [3.63, 3.8) is 0 Å². The summed E-state index contributed by atoms with van der Waals surface area (Å²) in [4.78, 5) is 39.4. The van der Waals surface area contributed by atoms with Crippen molar-refractivity contribution < 1.29 is 24.2 Å². The van der Waals surface area contributed by atoms with Crippen LogP contribution in [-0.4, -0.2) is 35.0 Å². The number of nitrogens with two attached hydrogens (primary N) is 2. The van der Waals surface area contributed by atoms with Gasteiger partial charge in [-0.1, -0.05) is 31.9 Å². The van der Waals surface area contributed by atoms with Gasteiger partial charge in [0.15, 0.2) is 5.96 Å². The molecule has 0 aliphatic heterocycles. The van der Waals surface area contributed by atoms with Crippen molar-refractivity contribution in [2.45, 2.75) is 51.5 Å². The van der Waals surface area contributed by atoms with Crippen molar-refractivity contribution in [1.29, 1.82) is 0 Å². The zero-order valence-corrected chi connectivity index (χ0v) is 18.6. The molecule has 0 heterocycles. The number of carboxylic acid groups (broad SMARTS) is 1. The topological polar surface area (TPSA) is 157 Å². The number of amides is 1. The molecule has 0 fully saturated rings. The number of benzene rings is 2. The Kier molecular flexibility index (Phi) is 9.88. The zero-order valence-electron chi connectivity index (χ0n) is 18.6. The standard InChI is InChI=1S/C24H30N4O5/c1-2-3-4-19(15-22(30)31)27-21(29)14-7-16-5-12-20(13-6-16)33-23(32)17-8-10-18(11-9-17)28-24(25)26/h5-6,8-13,19H,2-4,7,14-15H2,1H3,(H,27,29)(H,30,31)(H4,25,26,28)/t19-/m0/s1. The zero-order chi connectivity index (χ0) is 24.2. The highest BCUT2D eigenvalue weighted by Gasteiger charge is 2.15. The lowest BCUT2D eigenvalue weighted by Gasteiger charge is -2.16. The summed E-state index contributed by atoms with van der Waals surface area (Å²) in [5.74, 6) is -1.32. The third-order valence-electron chi connectivity index (χ3n) is 4.83. The molecule has 1 amide bonds. The Morgan fingerprint density at radius 3 is 2.30 bits per heavy atom. The Balaban J connectivity index is 1.85. The van der Waals surface area contributed by atoms with Gasteiger partial charge in [0, 0.05) is 12.5 Å². The van der Waals surface area contributed by atoms with E-state index in [0.29, 0.717) is 29.8 Å². The third kappa shape index (κ3) is 9.42. The van der Waals surface area contributed by atoms with Crippen LogP contribution in [0.15, 0.2) is 53.5 Å². The Labute approximate surface area is 192 Å². The predicted octanol–water partition coefficient (Wildman–Crippen LogP) is 2.89. The molecular formula is C24H30N4O5. The van der Waals surface area contributed by atoms with Gasteiger partial charge in [-0.05, 0) is 54.8 Å². The molecule has 2 aromatic rings. The normalized spacial score (nSPS) is 11.3. The number of rotatable bonds is 12. The molecule has 6 N–H and O–H groups in total. The van der Waals surface area contributed by atoms with E-state index in [2.05, 4.69) is 10.3 Å². The first-order valence-corrected chi connectivity index (χ1v) is 10.8. The molecule has 9 heteroatoms. The molecule has 0 spiro atoms. The number of carboxylic acids is 1. The molecule has 9 nitrogen and oxygen atoms in total. The van der Waals surface area contributed by atoms with E-state index in [4.69, 9.17) is 21.3 Å². The van der Waals surface area contributed by atoms with Crippen LogP contribution >= 0.6 is 0 Å². The van der Waals surface area contributed by atoms with Gasteiger partial charge in [0.1, 0.15) is 5.75 Å². The predicted molar refractivity (Wildman–Crippen MR) is 125 cm³/mol. The van der Waals surface area contributed by atoms with Gasteiger partial charge in [0.2, 0.25) is 5.91 Å². The fraction of sp³-hybridized carbons (Fsp3) is 0.333. The maximum atomic E-state index is 12.3. The summed E-state index contributed by atoms with van der Waals surface area (Å²) in [7, 11) is 0. The Hall–Kier alpha value is -3.88. The Bertz CT molecular complexity index is 967. The number of hydrogen-bond donors (Lipinski definition) is 4. The largest absolute Gasteiger partial charge is 0.481 e. The van der Waals surface area contributed by atoms with Gasteiger partial charge < -0.3 is 26.6 Å². The highest BCUT2D eigenvalue weighted by atomic mass is 16.5. The Morgan fingerprint density at radius 1 is 1.06 bits per heavy atom. The fourth-order valence-corrected chi connectivity index (χ4v) is 3.16. The van der Waals surface area contributed by atoms with Gasteiger partial charge in [-0.3, -0.25) is 9.59 Å². The number of aryl methyl sites for hydroxylation is 1. The molecule has 2 aromatic carbocycles. The van der Waals surface area contributed by atoms with Crippen LogP contribution < -0.4 is 21.5 Å². The van der Waals surface area contributed by atoms with E-state index < -0.39 is 11.9 Å². The van der Waals surface area contributed by atoms with Crippen LogP contribution in [0, 0.1) is 0 Å². The van der Waals surface area contributed by atoms with Crippen molar-refractivity contribution in [2.24, 2.45) is 16.5 Å². The molecule has 0 aromatic heterocycles. The smallest absolute Gasteiger partial charge is 0.343 e. The second kappa shape index (κ2) is 12.8. The first kappa shape index (κ1) is 25.4. The van der Waals surface area contributed by atoms with Crippen molar-refractivity contribution in [3.8, 4) is 5.75 Å². The van der Waals surface area contributed by atoms with E-state index in [1.165, 1.54) is 0 Å². The number of hydrogen-bond acceptors (Lipinski definition) is 5. The molecule has 1 atom stereocenters. The van der Waals surface area contributed by atoms with E-state index in [0.717, 1.165) is 18.4 Å². The molecule has 0 bridgehead atoms. The van der Waals surface area contributed by atoms with Crippen LogP contribution in [0.25, 0.3) is 0 Å². The van der Waals surface area contributed by atoms with Gasteiger partial charge >= 0.3 is 11.9 Å². The van der Waals surface area contributed by atoms with E-state index in [9.17, 15) is 14.4 Å². The number of unbranched alkanes of at least 4 members (excludes halogenated alkanes) is 1. The summed E-state index contributed by atoms with van der Waals surface area (Å²) in [6.07, 6.45) is 3.09. The third-order valence-corrected chi connectivity index (χ3v) is 4.83. The lowest BCUT2D eigenvalue weighted by atomic mass is 10.1. The van der Waals surface area contributed by atoms with Crippen LogP contribution in [0.5, 0.6) is 5.75 Å². The molecule has 0 unspecified atom stereocenters. The molecular weight excluding hydrogens is 424 g/mol. The van der Waals surface area contributed by atoms with Gasteiger partial charge in [-0.2, -0.15) is 0 Å². The maximum Gasteiger partial charge on any atom is 0.343 e. The lowest BCUT2D eigenvalue weighted by Crippen LogP contribution is -2.36. The first-order valence-electron chi connectivity index (χ1n) is 10.8. The number of aliphatic carboxylic acids is 1. The summed E-state index contributed by atoms with van der Waals surface area (Å²) >= 11 is 0. The summed E-state index contributed by atoms with van der Waals surface area (Å²) < 4.78 is 5.37. The van der Waals surface area contributed by atoms with Crippen molar-refractivity contribution in [1.82, 2.24) is 5.32 Å². The first-order chi connectivity index (χ1) is 15.8. The lowest BCUT2D eigenvalue weighted by molar-refractivity contribution is -0.137. The molecule has 0 saturated carbocycles. The average Bonchev–Trinajstić information content (AvgIpc) is 2.76. The highest BCUT2D eigenvalue weighted by molar-refractivity contribution is 5.91. The molecule has 0 aliphatic carbocycles. The maximum absolute atomic E-state index is 12.3. The number of carbonyl (C=O) groups is 3. The van der Waals surface area contributed by atoms with Gasteiger partial charge in [0.25, 0.3) is 0 Å². The van der Waals surface area contributed by atoms with Crippen molar-refractivity contribution in [2.75, 3.05) is 0 Å². The minimum absolute atomic E-state index is 0.0699. The van der Waals surface area contributed by atoms with Crippen LogP contribution in [-0.2, 0) is 16.0 Å². The average molecular weight is 455 g/mol. The molecule has 33 heavy (non-hydrogen) atoms. The molecule has 176 valence electrons. The fourth-order valence-electron chi connectivity index (χ4n) is 3.16. The summed E-state index contributed by atoms with van der Waals surface area (Å²) in [6.45, 7) is 2.02. The summed E-state index contributed by atoms with van der Waals surface area (Å²) in [5.41, 5.74) is 12.4.